The van der Waals surface area contributed by atoms with Crippen molar-refractivity contribution in [2.75, 3.05) is 19.7 Å². The van der Waals surface area contributed by atoms with E-state index in [1.807, 2.05) is 25.1 Å². The molecule has 0 aliphatic carbocycles. The Morgan fingerprint density at radius 1 is 1.44 bits per heavy atom. The van der Waals surface area contributed by atoms with Gasteiger partial charge in [0.2, 0.25) is 0 Å². The average Bonchev–Trinajstić information content (AvgIpc) is 3.12. The van der Waals surface area contributed by atoms with Crippen LogP contribution in [0.3, 0.4) is 0 Å². The number of rotatable bonds is 4. The number of aryl methyl sites for hydroxylation is 1. The second kappa shape index (κ2) is 6.57. The minimum absolute atomic E-state index is 0.116. The summed E-state index contributed by atoms with van der Waals surface area (Å²) >= 11 is 0. The zero-order valence-corrected chi connectivity index (χ0v) is 14.2. The van der Waals surface area contributed by atoms with Crippen molar-refractivity contribution in [2.45, 2.75) is 38.1 Å². The third-order valence-electron chi connectivity index (χ3n) is 4.76. The zero-order chi connectivity index (χ0) is 17.3. The highest BCUT2D eigenvalue weighted by molar-refractivity contribution is 5.92. The molecule has 2 aliphatic heterocycles. The lowest BCUT2D eigenvalue weighted by Gasteiger charge is -2.52. The van der Waals surface area contributed by atoms with Gasteiger partial charge in [0.1, 0.15) is 11.9 Å². The molecule has 7 nitrogen and oxygen atoms in total. The van der Waals surface area contributed by atoms with Gasteiger partial charge >= 0.3 is 0 Å². The van der Waals surface area contributed by atoms with Gasteiger partial charge in [-0.15, -0.1) is 0 Å². The molecule has 0 N–H and O–H groups in total. The topological polar surface area (TPSA) is 77.7 Å². The van der Waals surface area contributed by atoms with Gasteiger partial charge in [-0.1, -0.05) is 6.07 Å². The number of carbonyl (C=O) groups excluding carboxylic acids is 1. The van der Waals surface area contributed by atoms with Crippen LogP contribution in [0, 0.1) is 6.92 Å². The van der Waals surface area contributed by atoms with E-state index in [1.165, 1.54) is 12.7 Å². The summed E-state index contributed by atoms with van der Waals surface area (Å²) in [7, 11) is 0. The second-order valence-electron chi connectivity index (χ2n) is 6.76. The van der Waals surface area contributed by atoms with Crippen molar-refractivity contribution >= 4 is 5.91 Å². The molecule has 2 saturated heterocycles. The standard InChI is InChI=1S/C18H21N3O4/c1-13-3-2-4-14(20-13)8-24-15-5-6-25-18(7-15)10-21(11-18)17(22)16-9-23-12-19-16/h2-4,9,12,15H,5-8,10-11H2,1H3/t15-/m0/s1. The third kappa shape index (κ3) is 3.43. The van der Waals surface area contributed by atoms with Crippen LogP contribution in [0.4, 0.5) is 0 Å². The van der Waals surface area contributed by atoms with E-state index in [0.717, 1.165) is 24.2 Å². The van der Waals surface area contributed by atoms with Crippen molar-refractivity contribution < 1.29 is 18.7 Å². The minimum Gasteiger partial charge on any atom is -0.451 e. The van der Waals surface area contributed by atoms with E-state index in [-0.39, 0.29) is 17.6 Å². The summed E-state index contributed by atoms with van der Waals surface area (Å²) in [4.78, 5) is 22.4. The highest BCUT2D eigenvalue weighted by Gasteiger charge is 2.50. The zero-order valence-electron chi connectivity index (χ0n) is 14.2. The van der Waals surface area contributed by atoms with E-state index < -0.39 is 0 Å². The van der Waals surface area contributed by atoms with E-state index >= 15 is 0 Å². The van der Waals surface area contributed by atoms with E-state index in [1.54, 1.807) is 4.90 Å². The Morgan fingerprint density at radius 2 is 2.32 bits per heavy atom. The molecule has 4 heterocycles. The van der Waals surface area contributed by atoms with E-state index in [4.69, 9.17) is 13.9 Å². The molecular weight excluding hydrogens is 322 g/mol. The fourth-order valence-electron chi connectivity index (χ4n) is 3.50. The first-order chi connectivity index (χ1) is 12.1. The van der Waals surface area contributed by atoms with Crippen LogP contribution in [-0.4, -0.2) is 52.2 Å². The van der Waals surface area contributed by atoms with Gasteiger partial charge in [0.05, 0.1) is 31.5 Å². The molecule has 1 atom stereocenters. The van der Waals surface area contributed by atoms with Gasteiger partial charge < -0.3 is 18.8 Å². The Kier molecular flexibility index (Phi) is 4.27. The molecule has 2 aromatic rings. The quantitative estimate of drug-likeness (QED) is 0.845. The normalized spacial score (nSPS) is 22.0. The molecule has 0 unspecified atom stereocenters. The van der Waals surface area contributed by atoms with Gasteiger partial charge in [-0.3, -0.25) is 9.78 Å². The molecule has 25 heavy (non-hydrogen) atoms. The Labute approximate surface area is 146 Å². The molecule has 2 aliphatic rings. The van der Waals surface area contributed by atoms with Gasteiger partial charge in [0.25, 0.3) is 5.91 Å². The fourth-order valence-corrected chi connectivity index (χ4v) is 3.50. The van der Waals surface area contributed by atoms with Crippen molar-refractivity contribution in [2.24, 2.45) is 0 Å². The maximum Gasteiger partial charge on any atom is 0.276 e. The molecule has 1 amide bonds. The Balaban J connectivity index is 1.31. The van der Waals surface area contributed by atoms with Crippen molar-refractivity contribution in [3.05, 3.63) is 47.9 Å². The van der Waals surface area contributed by atoms with Gasteiger partial charge in [-0.2, -0.15) is 0 Å². The number of aromatic nitrogens is 2. The first kappa shape index (κ1) is 16.2. The first-order valence-corrected chi connectivity index (χ1v) is 8.49. The van der Waals surface area contributed by atoms with Crippen molar-refractivity contribution in [3.63, 3.8) is 0 Å². The van der Waals surface area contributed by atoms with E-state index in [2.05, 4.69) is 9.97 Å². The summed E-state index contributed by atoms with van der Waals surface area (Å²) in [5, 5.41) is 0. The number of ether oxygens (including phenoxy) is 2. The highest BCUT2D eigenvalue weighted by Crippen LogP contribution is 2.36. The number of hydrogen-bond acceptors (Lipinski definition) is 6. The van der Waals surface area contributed by atoms with Crippen LogP contribution in [0.5, 0.6) is 0 Å². The molecule has 1 spiro atoms. The largest absolute Gasteiger partial charge is 0.451 e. The first-order valence-electron chi connectivity index (χ1n) is 8.49. The van der Waals surface area contributed by atoms with Crippen molar-refractivity contribution in [1.29, 1.82) is 0 Å². The summed E-state index contributed by atoms with van der Waals surface area (Å²) in [5.74, 6) is -0.116. The molecule has 0 bridgehead atoms. The smallest absolute Gasteiger partial charge is 0.276 e. The summed E-state index contributed by atoms with van der Waals surface area (Å²) in [6, 6.07) is 5.94. The molecule has 0 radical (unpaired) electrons. The summed E-state index contributed by atoms with van der Waals surface area (Å²) in [6.07, 6.45) is 4.42. The molecule has 2 fully saturated rings. The monoisotopic (exact) mass is 343 g/mol. The highest BCUT2D eigenvalue weighted by atomic mass is 16.5. The molecule has 4 rings (SSSR count). The summed E-state index contributed by atoms with van der Waals surface area (Å²) < 4.78 is 16.9. The number of carbonyl (C=O) groups is 1. The van der Waals surface area contributed by atoms with Crippen molar-refractivity contribution in [1.82, 2.24) is 14.9 Å². The molecule has 0 aromatic carbocycles. The molecule has 2 aromatic heterocycles. The van der Waals surface area contributed by atoms with Gasteiger partial charge in [-0.25, -0.2) is 4.98 Å². The Hall–Kier alpha value is -2.25. The minimum atomic E-state index is -0.289. The summed E-state index contributed by atoms with van der Waals surface area (Å²) in [6.45, 7) is 4.27. The van der Waals surface area contributed by atoms with Crippen LogP contribution in [0.2, 0.25) is 0 Å². The maximum absolute atomic E-state index is 12.2. The van der Waals surface area contributed by atoms with Crippen LogP contribution in [-0.2, 0) is 16.1 Å². The lowest BCUT2D eigenvalue weighted by Crippen LogP contribution is -2.67. The second-order valence-corrected chi connectivity index (χ2v) is 6.76. The van der Waals surface area contributed by atoms with Crippen molar-refractivity contribution in [3.8, 4) is 0 Å². The van der Waals surface area contributed by atoms with Crippen LogP contribution >= 0.6 is 0 Å². The third-order valence-corrected chi connectivity index (χ3v) is 4.76. The number of amides is 1. The number of nitrogens with zero attached hydrogens (tertiary/aromatic N) is 3. The number of oxazole rings is 1. The Bertz CT molecular complexity index is 741. The van der Waals surface area contributed by atoms with Crippen LogP contribution < -0.4 is 0 Å². The van der Waals surface area contributed by atoms with E-state index in [9.17, 15) is 4.79 Å². The predicted molar refractivity (Wildman–Crippen MR) is 87.9 cm³/mol. The van der Waals surface area contributed by atoms with Crippen LogP contribution in [0.15, 0.2) is 35.3 Å². The molecule has 7 heteroatoms. The van der Waals surface area contributed by atoms with Gasteiger partial charge in [-0.05, 0) is 25.5 Å². The van der Waals surface area contributed by atoms with Crippen LogP contribution in [0.25, 0.3) is 0 Å². The maximum atomic E-state index is 12.2. The van der Waals surface area contributed by atoms with E-state index in [0.29, 0.717) is 32.0 Å². The number of likely N-dealkylation sites (tertiary alicyclic amines) is 1. The lowest BCUT2D eigenvalue weighted by atomic mass is 9.84. The number of pyridine rings is 1. The lowest BCUT2D eigenvalue weighted by molar-refractivity contribution is -0.188. The predicted octanol–water partition coefficient (Wildman–Crippen LogP) is 1.97. The number of hydrogen-bond donors (Lipinski definition) is 0. The summed E-state index contributed by atoms with van der Waals surface area (Å²) in [5.41, 5.74) is 1.98. The van der Waals surface area contributed by atoms with Gasteiger partial charge in [0, 0.05) is 18.7 Å². The van der Waals surface area contributed by atoms with Crippen LogP contribution in [0.1, 0.15) is 34.7 Å². The van der Waals surface area contributed by atoms with Gasteiger partial charge in [0.15, 0.2) is 12.1 Å². The molecule has 132 valence electrons. The fraction of sp³-hybridized carbons (Fsp3) is 0.500. The SMILES string of the molecule is Cc1cccc(CO[C@H]2CCOC3(C2)CN(C(=O)c2cocn2)C3)n1. The Morgan fingerprint density at radius 3 is 3.08 bits per heavy atom. The molecular formula is C18H21N3O4. The molecule has 0 saturated carbocycles. The average molecular weight is 343 g/mol.